The maximum atomic E-state index is 5.52. The minimum atomic E-state index is 0.802. The molecular formula is C27H32N4O3. The van der Waals surface area contributed by atoms with E-state index in [-0.39, 0.29) is 0 Å². The highest BCUT2D eigenvalue weighted by Gasteiger charge is 2.17. The number of hydrogen-bond donors (Lipinski definition) is 0. The van der Waals surface area contributed by atoms with E-state index < -0.39 is 0 Å². The van der Waals surface area contributed by atoms with E-state index >= 15 is 0 Å². The van der Waals surface area contributed by atoms with Gasteiger partial charge in [-0.05, 0) is 62.6 Å². The van der Waals surface area contributed by atoms with Gasteiger partial charge in [0.1, 0.15) is 11.5 Å². The molecule has 0 saturated carbocycles. The number of rotatable bonds is 8. The van der Waals surface area contributed by atoms with E-state index in [1.165, 1.54) is 16.8 Å². The molecule has 7 heteroatoms. The third kappa shape index (κ3) is 4.72. The van der Waals surface area contributed by atoms with Gasteiger partial charge < -0.3 is 18.6 Å². The van der Waals surface area contributed by atoms with E-state index in [1.807, 2.05) is 26.0 Å². The molecule has 4 heterocycles. The lowest BCUT2D eigenvalue weighted by atomic mass is 10.1. The molecule has 0 atom stereocenters. The standard InChI is InChI=1S/C27H32N4O3/c1-19-27(20(2)34-29-19)24-10-11-26-25(28-24)18-22(7-4-21-5-8-23(32-3)9-6-21)31(26)13-12-30-14-16-33-17-15-30/h5-6,8-11,18H,4,7,12-17H2,1-3H3. The summed E-state index contributed by atoms with van der Waals surface area (Å²) in [6.07, 6.45) is 1.92. The minimum absolute atomic E-state index is 0.802. The van der Waals surface area contributed by atoms with Gasteiger partial charge in [-0.1, -0.05) is 17.3 Å². The average molecular weight is 461 g/mol. The summed E-state index contributed by atoms with van der Waals surface area (Å²) >= 11 is 0. The van der Waals surface area contributed by atoms with Gasteiger partial charge in [0.25, 0.3) is 0 Å². The van der Waals surface area contributed by atoms with Crippen LogP contribution in [0.4, 0.5) is 0 Å². The molecular weight excluding hydrogens is 428 g/mol. The predicted octanol–water partition coefficient (Wildman–Crippen LogP) is 4.43. The number of benzene rings is 1. The lowest BCUT2D eigenvalue weighted by Gasteiger charge is -2.27. The Balaban J connectivity index is 1.44. The minimum Gasteiger partial charge on any atom is -0.497 e. The predicted molar refractivity (Wildman–Crippen MR) is 132 cm³/mol. The van der Waals surface area contributed by atoms with E-state index in [2.05, 4.69) is 45.0 Å². The second-order valence-electron chi connectivity index (χ2n) is 8.89. The summed E-state index contributed by atoms with van der Waals surface area (Å²) in [4.78, 5) is 7.50. The third-order valence-corrected chi connectivity index (χ3v) is 6.71. The molecule has 0 aliphatic carbocycles. The van der Waals surface area contributed by atoms with Crippen LogP contribution in [0.1, 0.15) is 22.7 Å². The highest BCUT2D eigenvalue weighted by atomic mass is 16.5. The van der Waals surface area contributed by atoms with Crippen LogP contribution in [0.2, 0.25) is 0 Å². The second-order valence-corrected chi connectivity index (χ2v) is 8.89. The first-order valence-corrected chi connectivity index (χ1v) is 12.0. The van der Waals surface area contributed by atoms with Gasteiger partial charge in [0.05, 0.1) is 48.3 Å². The first-order valence-electron chi connectivity index (χ1n) is 12.0. The molecule has 1 aromatic carbocycles. The number of aryl methyl sites for hydroxylation is 4. The summed E-state index contributed by atoms with van der Waals surface area (Å²) in [7, 11) is 1.70. The normalized spacial score (nSPS) is 14.7. The Morgan fingerprint density at radius 3 is 2.47 bits per heavy atom. The van der Waals surface area contributed by atoms with Crippen LogP contribution in [0.25, 0.3) is 22.3 Å². The molecule has 34 heavy (non-hydrogen) atoms. The Labute approximate surface area is 200 Å². The number of nitrogens with zero attached hydrogens (tertiary/aromatic N) is 4. The molecule has 178 valence electrons. The van der Waals surface area contributed by atoms with E-state index in [0.717, 1.165) is 86.2 Å². The fourth-order valence-electron chi connectivity index (χ4n) is 4.78. The van der Waals surface area contributed by atoms with Crippen molar-refractivity contribution < 1.29 is 14.0 Å². The largest absolute Gasteiger partial charge is 0.497 e. The van der Waals surface area contributed by atoms with Crippen molar-refractivity contribution in [1.29, 1.82) is 0 Å². The lowest BCUT2D eigenvalue weighted by Crippen LogP contribution is -2.38. The van der Waals surface area contributed by atoms with Crippen LogP contribution in [-0.2, 0) is 24.1 Å². The SMILES string of the molecule is COc1ccc(CCc2cc3nc(-c4c(C)noc4C)ccc3n2CCN2CCOCC2)cc1. The van der Waals surface area contributed by atoms with Gasteiger partial charge in [0, 0.05) is 31.9 Å². The monoisotopic (exact) mass is 460 g/mol. The number of morpholine rings is 1. The maximum absolute atomic E-state index is 5.52. The smallest absolute Gasteiger partial charge is 0.143 e. The van der Waals surface area contributed by atoms with Gasteiger partial charge in [0.2, 0.25) is 0 Å². The number of pyridine rings is 1. The molecule has 3 aromatic heterocycles. The fraction of sp³-hybridized carbons (Fsp3) is 0.407. The zero-order valence-corrected chi connectivity index (χ0v) is 20.2. The van der Waals surface area contributed by atoms with Gasteiger partial charge in [-0.25, -0.2) is 4.98 Å². The summed E-state index contributed by atoms with van der Waals surface area (Å²) in [6.45, 7) is 9.48. The van der Waals surface area contributed by atoms with Gasteiger partial charge in [-0.3, -0.25) is 4.90 Å². The highest BCUT2D eigenvalue weighted by molar-refractivity contribution is 5.81. The van der Waals surface area contributed by atoms with Gasteiger partial charge >= 0.3 is 0 Å². The molecule has 1 fully saturated rings. The van der Waals surface area contributed by atoms with Crippen LogP contribution >= 0.6 is 0 Å². The average Bonchev–Trinajstić information content (AvgIpc) is 3.40. The van der Waals surface area contributed by atoms with Gasteiger partial charge in [-0.2, -0.15) is 0 Å². The van der Waals surface area contributed by atoms with Crippen LogP contribution < -0.4 is 4.74 Å². The van der Waals surface area contributed by atoms with Crippen LogP contribution in [0.15, 0.2) is 47.0 Å². The van der Waals surface area contributed by atoms with Crippen molar-refractivity contribution in [1.82, 2.24) is 19.6 Å². The molecule has 0 radical (unpaired) electrons. The molecule has 1 saturated heterocycles. The molecule has 0 spiro atoms. The summed E-state index contributed by atoms with van der Waals surface area (Å²) < 4.78 is 18.6. The zero-order chi connectivity index (χ0) is 23.5. The second kappa shape index (κ2) is 9.99. The molecule has 1 aliphatic rings. The van der Waals surface area contributed by atoms with Crippen LogP contribution in [-0.4, -0.2) is 59.6 Å². The molecule has 0 bridgehead atoms. The van der Waals surface area contributed by atoms with E-state index in [4.69, 9.17) is 19.0 Å². The Bertz CT molecular complexity index is 1230. The first kappa shape index (κ1) is 22.6. The summed E-state index contributed by atoms with van der Waals surface area (Å²) in [6, 6.07) is 14.9. The number of fused-ring (bicyclic) bond motifs is 1. The summed E-state index contributed by atoms with van der Waals surface area (Å²) in [5.74, 6) is 1.69. The third-order valence-electron chi connectivity index (χ3n) is 6.71. The van der Waals surface area contributed by atoms with E-state index in [1.54, 1.807) is 7.11 Å². The number of methoxy groups -OCH3 is 1. The summed E-state index contributed by atoms with van der Waals surface area (Å²) in [5, 5.41) is 4.11. The van der Waals surface area contributed by atoms with E-state index in [0.29, 0.717) is 0 Å². The van der Waals surface area contributed by atoms with Crippen molar-refractivity contribution in [3.63, 3.8) is 0 Å². The van der Waals surface area contributed by atoms with Gasteiger partial charge in [-0.15, -0.1) is 0 Å². The van der Waals surface area contributed by atoms with Crippen molar-refractivity contribution in [3.8, 4) is 17.0 Å². The van der Waals surface area contributed by atoms with Crippen LogP contribution in [0, 0.1) is 13.8 Å². The Morgan fingerprint density at radius 2 is 1.76 bits per heavy atom. The van der Waals surface area contributed by atoms with Crippen molar-refractivity contribution >= 4 is 11.0 Å². The molecule has 5 rings (SSSR count). The first-order chi connectivity index (χ1) is 16.6. The van der Waals surface area contributed by atoms with Crippen LogP contribution in [0.5, 0.6) is 5.75 Å². The fourth-order valence-corrected chi connectivity index (χ4v) is 4.78. The summed E-state index contributed by atoms with van der Waals surface area (Å²) in [5.41, 5.74) is 7.57. The quantitative estimate of drug-likeness (QED) is 0.388. The van der Waals surface area contributed by atoms with E-state index in [9.17, 15) is 0 Å². The number of ether oxygens (including phenoxy) is 2. The Kier molecular flexibility index (Phi) is 6.65. The zero-order valence-electron chi connectivity index (χ0n) is 20.2. The Hall–Kier alpha value is -3.16. The van der Waals surface area contributed by atoms with Crippen molar-refractivity contribution in [2.24, 2.45) is 0 Å². The molecule has 1 aliphatic heterocycles. The van der Waals surface area contributed by atoms with Gasteiger partial charge in [0.15, 0.2) is 0 Å². The topological polar surface area (TPSA) is 65.6 Å². The molecule has 4 aromatic rings. The molecule has 0 amide bonds. The lowest BCUT2D eigenvalue weighted by molar-refractivity contribution is 0.0364. The van der Waals surface area contributed by atoms with Crippen LogP contribution in [0.3, 0.4) is 0 Å². The number of aromatic nitrogens is 3. The molecule has 0 unspecified atom stereocenters. The highest BCUT2D eigenvalue weighted by Crippen LogP contribution is 2.29. The number of hydrogen-bond acceptors (Lipinski definition) is 6. The van der Waals surface area contributed by atoms with Crippen molar-refractivity contribution in [2.75, 3.05) is 40.0 Å². The van der Waals surface area contributed by atoms with Crippen molar-refractivity contribution in [2.45, 2.75) is 33.2 Å². The van der Waals surface area contributed by atoms with Crippen molar-refractivity contribution in [3.05, 3.63) is 65.2 Å². The maximum Gasteiger partial charge on any atom is 0.143 e. The Morgan fingerprint density at radius 1 is 0.971 bits per heavy atom. The molecule has 0 N–H and O–H groups in total. The molecule has 7 nitrogen and oxygen atoms in total.